The lowest BCUT2D eigenvalue weighted by Gasteiger charge is -2.23. The normalized spacial score (nSPS) is 9.07. The summed E-state index contributed by atoms with van der Waals surface area (Å²) in [4.78, 5) is 0. The Morgan fingerprint density at radius 1 is 1.00 bits per heavy atom. The molecule has 0 radical (unpaired) electrons. The Balaban J connectivity index is -0.000000720. The Bertz CT molecular complexity index is 203. The van der Waals surface area contributed by atoms with Gasteiger partial charge in [-0.05, 0) is 19.4 Å². The Labute approximate surface area is 112 Å². The van der Waals surface area contributed by atoms with Crippen LogP contribution in [0.4, 0.5) is 0 Å². The van der Waals surface area contributed by atoms with Gasteiger partial charge in [0.2, 0.25) is 0 Å². The van der Waals surface area contributed by atoms with Crippen LogP contribution in [0.3, 0.4) is 0 Å². The molecule has 0 saturated heterocycles. The summed E-state index contributed by atoms with van der Waals surface area (Å²) < 4.78 is 0. The van der Waals surface area contributed by atoms with Crippen LogP contribution in [0.25, 0.3) is 0 Å². The van der Waals surface area contributed by atoms with Gasteiger partial charge < -0.3 is 11.5 Å². The third-order valence-corrected chi connectivity index (χ3v) is 1.99. The molecule has 6 heteroatoms. The number of nitrogens with zero attached hydrogens (tertiary/aromatic N) is 2. The summed E-state index contributed by atoms with van der Waals surface area (Å²) >= 11 is 0. The zero-order chi connectivity index (χ0) is 10.2. The number of nitriles is 2. The van der Waals surface area contributed by atoms with E-state index in [1.165, 1.54) is 0 Å². The maximum Gasteiger partial charge on any atom is 0.0641 e. The minimum Gasteiger partial charge on any atom is -0.330 e. The van der Waals surface area contributed by atoms with Crippen LogP contribution in [0.1, 0.15) is 32.1 Å². The summed E-state index contributed by atoms with van der Waals surface area (Å²) in [5.41, 5.74) is 10.6. The van der Waals surface area contributed by atoms with Crippen LogP contribution in [-0.2, 0) is 0 Å². The monoisotopic (exact) mass is 340 g/mol. The van der Waals surface area contributed by atoms with Crippen LogP contribution in [0.5, 0.6) is 0 Å². The molecule has 0 rings (SSSR count). The van der Waals surface area contributed by atoms with Crippen molar-refractivity contribution in [2.45, 2.75) is 37.6 Å². The van der Waals surface area contributed by atoms with Crippen LogP contribution in [0, 0.1) is 22.7 Å². The molecule has 0 unspecified atom stereocenters. The van der Waals surface area contributed by atoms with Gasteiger partial charge in [-0.25, -0.2) is 0 Å². The van der Waals surface area contributed by atoms with E-state index in [1.807, 2.05) is 12.1 Å². The summed E-state index contributed by atoms with van der Waals surface area (Å²) in [6.45, 7) is 0.634. The van der Waals surface area contributed by atoms with Gasteiger partial charge in [-0.3, -0.25) is 0 Å². The molecule has 0 aromatic carbocycles. The molecule has 0 atom stereocenters. The minimum atomic E-state index is -0.626. The molecule has 4 N–H and O–H groups in total. The van der Waals surface area contributed by atoms with E-state index in [0.717, 1.165) is 12.8 Å². The molecule has 0 aromatic rings. The highest BCUT2D eigenvalue weighted by Crippen LogP contribution is 2.18. The Morgan fingerprint density at radius 2 is 1.47 bits per heavy atom. The smallest absolute Gasteiger partial charge is 0.0641 e. The highest BCUT2D eigenvalue weighted by Gasteiger charge is 2.23. The van der Waals surface area contributed by atoms with E-state index in [4.69, 9.17) is 22.0 Å². The third kappa shape index (κ3) is 10.1. The van der Waals surface area contributed by atoms with Gasteiger partial charge in [0.1, 0.15) is 0 Å². The number of rotatable bonds is 6. The van der Waals surface area contributed by atoms with E-state index in [2.05, 4.69) is 0 Å². The summed E-state index contributed by atoms with van der Waals surface area (Å²) in [6.07, 6.45) is 2.97. The topological polar surface area (TPSA) is 99.6 Å². The molecule has 88 valence electrons. The second-order valence-corrected chi connectivity index (χ2v) is 3.28. The van der Waals surface area contributed by atoms with Crippen LogP contribution < -0.4 is 11.5 Å². The first-order valence-corrected chi connectivity index (χ1v) is 4.41. The van der Waals surface area contributed by atoms with Crippen molar-refractivity contribution in [2.75, 3.05) is 6.54 Å². The average molecular weight is 342 g/mol. The maximum absolute atomic E-state index is 8.52. The van der Waals surface area contributed by atoms with Gasteiger partial charge in [0.25, 0.3) is 0 Å². The lowest BCUT2D eigenvalue weighted by molar-refractivity contribution is 0.392. The number of hydrogen-bond acceptors (Lipinski definition) is 4. The Hall–Kier alpha value is -0.140. The Morgan fingerprint density at radius 3 is 1.80 bits per heavy atom. The predicted molar refractivity (Wildman–Crippen MR) is 70.9 cm³/mol. The number of nitrogens with two attached hydrogens (primary N) is 2. The molecule has 0 aromatic heterocycles. The molecule has 0 aliphatic heterocycles. The summed E-state index contributed by atoms with van der Waals surface area (Å²) in [6, 6.07) is 4.03. The van der Waals surface area contributed by atoms with E-state index in [9.17, 15) is 0 Å². The van der Waals surface area contributed by atoms with Gasteiger partial charge in [0.05, 0.1) is 25.0 Å². The van der Waals surface area contributed by atoms with E-state index in [1.54, 1.807) is 0 Å². The molecule has 0 aliphatic rings. The second-order valence-electron chi connectivity index (χ2n) is 3.28. The molecular weight excluding hydrogens is 324 g/mol. The third-order valence-electron chi connectivity index (χ3n) is 1.99. The molecule has 0 saturated carbocycles. The highest BCUT2D eigenvalue weighted by atomic mass is 79.9. The van der Waals surface area contributed by atoms with Gasteiger partial charge in [-0.1, -0.05) is 6.42 Å². The zero-order valence-electron chi connectivity index (χ0n) is 8.61. The summed E-state index contributed by atoms with van der Waals surface area (Å²) in [5, 5.41) is 17.0. The molecular formula is C9H18Br2N4. The fraction of sp³-hybridized carbons (Fsp3) is 0.778. The van der Waals surface area contributed by atoms with Crippen molar-refractivity contribution in [3.8, 4) is 12.1 Å². The van der Waals surface area contributed by atoms with E-state index in [-0.39, 0.29) is 46.8 Å². The summed E-state index contributed by atoms with van der Waals surface area (Å²) in [7, 11) is 0. The lowest BCUT2D eigenvalue weighted by atomic mass is 9.88. The van der Waals surface area contributed by atoms with Crippen LogP contribution in [-0.4, -0.2) is 12.1 Å². The van der Waals surface area contributed by atoms with E-state index in [0.29, 0.717) is 13.0 Å². The van der Waals surface area contributed by atoms with Gasteiger partial charge in [0.15, 0.2) is 0 Å². The largest absolute Gasteiger partial charge is 0.330 e. The van der Waals surface area contributed by atoms with Crippen LogP contribution in [0.15, 0.2) is 0 Å². The average Bonchev–Trinajstić information content (AvgIpc) is 2.05. The minimum absolute atomic E-state index is 0. The molecule has 0 heterocycles. The second kappa shape index (κ2) is 11.9. The quantitative estimate of drug-likeness (QED) is 0.719. The van der Waals surface area contributed by atoms with Gasteiger partial charge in [-0.15, -0.1) is 34.0 Å². The van der Waals surface area contributed by atoms with Crippen molar-refractivity contribution >= 4 is 34.0 Å². The van der Waals surface area contributed by atoms with E-state index >= 15 is 0 Å². The first kappa shape index (κ1) is 20.3. The van der Waals surface area contributed by atoms with E-state index < -0.39 is 5.54 Å². The lowest BCUT2D eigenvalue weighted by Crippen LogP contribution is -2.39. The molecule has 4 nitrogen and oxygen atoms in total. The molecule has 0 bridgehead atoms. The van der Waals surface area contributed by atoms with Crippen molar-refractivity contribution < 1.29 is 0 Å². The van der Waals surface area contributed by atoms with Gasteiger partial charge >= 0.3 is 0 Å². The molecule has 0 spiro atoms. The zero-order valence-corrected chi connectivity index (χ0v) is 12.0. The molecule has 0 aliphatic carbocycles. The highest BCUT2D eigenvalue weighted by molar-refractivity contribution is 8.93. The SMILES string of the molecule is Br.Br.N#CCC(N)(CC#N)CCCCN. The van der Waals surface area contributed by atoms with Gasteiger partial charge in [0, 0.05) is 5.54 Å². The standard InChI is InChI=1S/C9H16N4.2BrH/c10-6-2-1-3-9(13,4-7-11)5-8-12;;/h1-6,10,13H2;2*1H. The fourth-order valence-electron chi connectivity index (χ4n) is 1.18. The van der Waals surface area contributed by atoms with Gasteiger partial charge in [-0.2, -0.15) is 10.5 Å². The number of halogens is 2. The molecule has 0 fully saturated rings. The Kier molecular flexibility index (Phi) is 16.1. The van der Waals surface area contributed by atoms with Crippen molar-refractivity contribution in [3.63, 3.8) is 0 Å². The first-order valence-electron chi connectivity index (χ1n) is 4.41. The predicted octanol–water partition coefficient (Wildman–Crippen LogP) is 1.80. The first-order chi connectivity index (χ1) is 6.18. The fourth-order valence-corrected chi connectivity index (χ4v) is 1.18. The molecule has 0 amide bonds. The summed E-state index contributed by atoms with van der Waals surface area (Å²) in [5.74, 6) is 0. The van der Waals surface area contributed by atoms with Crippen molar-refractivity contribution in [1.82, 2.24) is 0 Å². The number of unbranched alkanes of at least 4 members (excludes halogenated alkanes) is 1. The van der Waals surface area contributed by atoms with Crippen molar-refractivity contribution in [3.05, 3.63) is 0 Å². The van der Waals surface area contributed by atoms with Crippen molar-refractivity contribution in [1.29, 1.82) is 10.5 Å². The van der Waals surface area contributed by atoms with Crippen LogP contribution in [0.2, 0.25) is 0 Å². The number of hydrogen-bond donors (Lipinski definition) is 2. The maximum atomic E-state index is 8.52. The van der Waals surface area contributed by atoms with Crippen molar-refractivity contribution in [2.24, 2.45) is 11.5 Å². The molecule has 15 heavy (non-hydrogen) atoms. The van der Waals surface area contributed by atoms with Crippen LogP contribution >= 0.6 is 34.0 Å².